The van der Waals surface area contributed by atoms with Crippen LogP contribution in [0.25, 0.3) is 0 Å². The van der Waals surface area contributed by atoms with Crippen LogP contribution in [0.3, 0.4) is 0 Å². The van der Waals surface area contributed by atoms with Gasteiger partial charge in [-0.3, -0.25) is 0 Å². The van der Waals surface area contributed by atoms with Crippen LogP contribution in [0, 0.1) is 11.7 Å². The number of rotatable bonds is 3. The lowest BCUT2D eigenvalue weighted by molar-refractivity contribution is 0.247. The van der Waals surface area contributed by atoms with Gasteiger partial charge in [0.15, 0.2) is 0 Å². The normalized spacial score (nSPS) is 25.9. The maximum Gasteiger partial charge on any atom is 0.126 e. The van der Waals surface area contributed by atoms with Gasteiger partial charge in [0.2, 0.25) is 0 Å². The van der Waals surface area contributed by atoms with Crippen LogP contribution in [0.15, 0.2) is 24.3 Å². The molecule has 1 saturated carbocycles. The van der Waals surface area contributed by atoms with Crippen LogP contribution >= 0.6 is 0 Å². The molecule has 1 aromatic rings. The Hall–Kier alpha value is -0.890. The van der Waals surface area contributed by atoms with Crippen LogP contribution in [-0.4, -0.2) is 6.54 Å². The highest BCUT2D eigenvalue weighted by Crippen LogP contribution is 2.43. The number of nitrogens with two attached hydrogens (primary N) is 1. The second-order valence-corrected chi connectivity index (χ2v) is 4.13. The van der Waals surface area contributed by atoms with Crippen molar-refractivity contribution in [2.24, 2.45) is 11.7 Å². The summed E-state index contributed by atoms with van der Waals surface area (Å²) < 4.78 is 13.3. The molecular weight excluding hydrogens is 177 g/mol. The zero-order valence-electron chi connectivity index (χ0n) is 8.25. The Balaban J connectivity index is 1.96. The Labute approximate surface area is 84.1 Å². The van der Waals surface area contributed by atoms with Crippen LogP contribution in [0.1, 0.15) is 30.7 Å². The maximum atomic E-state index is 13.3. The standard InChI is InChI=1S/C12H16FN/c13-12-4-2-1-3-11(12)10-7-9(8-10)5-6-14/h1-4,9-10H,5-8,14H2. The molecule has 14 heavy (non-hydrogen) atoms. The van der Waals surface area contributed by atoms with Gasteiger partial charge in [0.25, 0.3) is 0 Å². The molecule has 2 heteroatoms. The summed E-state index contributed by atoms with van der Waals surface area (Å²) in [7, 11) is 0. The highest BCUT2D eigenvalue weighted by molar-refractivity contribution is 5.23. The van der Waals surface area contributed by atoms with Gasteiger partial charge in [0.05, 0.1) is 0 Å². The molecule has 0 spiro atoms. The van der Waals surface area contributed by atoms with Gasteiger partial charge in [-0.05, 0) is 49.3 Å². The first-order valence-corrected chi connectivity index (χ1v) is 5.25. The summed E-state index contributed by atoms with van der Waals surface area (Å²) in [6.45, 7) is 0.759. The van der Waals surface area contributed by atoms with Crippen LogP contribution in [0.5, 0.6) is 0 Å². The summed E-state index contributed by atoms with van der Waals surface area (Å²) >= 11 is 0. The van der Waals surface area contributed by atoms with Crippen molar-refractivity contribution in [1.82, 2.24) is 0 Å². The largest absolute Gasteiger partial charge is 0.330 e. The van der Waals surface area contributed by atoms with E-state index in [-0.39, 0.29) is 5.82 Å². The van der Waals surface area contributed by atoms with Crippen molar-refractivity contribution in [2.75, 3.05) is 6.54 Å². The minimum atomic E-state index is -0.0521. The van der Waals surface area contributed by atoms with Gasteiger partial charge in [-0.25, -0.2) is 4.39 Å². The van der Waals surface area contributed by atoms with E-state index in [0.717, 1.165) is 37.3 Å². The fraction of sp³-hybridized carbons (Fsp3) is 0.500. The van der Waals surface area contributed by atoms with Crippen LogP contribution in [0.2, 0.25) is 0 Å². The summed E-state index contributed by atoms with van der Waals surface area (Å²) in [4.78, 5) is 0. The average molecular weight is 193 g/mol. The van der Waals surface area contributed by atoms with E-state index in [9.17, 15) is 4.39 Å². The molecule has 0 aliphatic heterocycles. The lowest BCUT2D eigenvalue weighted by atomic mass is 9.70. The Morgan fingerprint density at radius 2 is 2.00 bits per heavy atom. The molecule has 1 nitrogen and oxygen atoms in total. The maximum absolute atomic E-state index is 13.3. The molecule has 1 fully saturated rings. The fourth-order valence-electron chi connectivity index (χ4n) is 2.27. The van der Waals surface area contributed by atoms with Crippen LogP contribution in [-0.2, 0) is 0 Å². The van der Waals surface area contributed by atoms with E-state index >= 15 is 0 Å². The molecule has 2 N–H and O–H groups in total. The molecule has 1 aliphatic carbocycles. The zero-order valence-corrected chi connectivity index (χ0v) is 8.25. The fourth-order valence-corrected chi connectivity index (χ4v) is 2.27. The molecule has 1 aromatic carbocycles. The average Bonchev–Trinajstić information content (AvgIpc) is 2.12. The molecule has 2 rings (SSSR count). The van der Waals surface area contributed by atoms with Crippen molar-refractivity contribution in [1.29, 1.82) is 0 Å². The molecule has 0 atom stereocenters. The van der Waals surface area contributed by atoms with Crippen molar-refractivity contribution in [3.63, 3.8) is 0 Å². The molecule has 0 aromatic heterocycles. The Bertz CT molecular complexity index is 305. The molecule has 76 valence electrons. The minimum absolute atomic E-state index is 0.0521. The number of hydrogen-bond donors (Lipinski definition) is 1. The van der Waals surface area contributed by atoms with E-state index in [1.165, 1.54) is 0 Å². The first-order chi connectivity index (χ1) is 6.81. The Morgan fingerprint density at radius 3 is 2.64 bits per heavy atom. The topological polar surface area (TPSA) is 26.0 Å². The molecule has 0 radical (unpaired) electrons. The highest BCUT2D eigenvalue weighted by Gasteiger charge is 2.30. The smallest absolute Gasteiger partial charge is 0.126 e. The summed E-state index contributed by atoms with van der Waals surface area (Å²) in [5.74, 6) is 1.11. The van der Waals surface area contributed by atoms with Crippen LogP contribution in [0.4, 0.5) is 4.39 Å². The predicted octanol–water partition coefficient (Wildman–Crippen LogP) is 2.67. The van der Waals surface area contributed by atoms with E-state index in [0.29, 0.717) is 5.92 Å². The van der Waals surface area contributed by atoms with Crippen molar-refractivity contribution in [3.05, 3.63) is 35.6 Å². The second kappa shape index (κ2) is 4.09. The van der Waals surface area contributed by atoms with Gasteiger partial charge in [0, 0.05) is 0 Å². The van der Waals surface area contributed by atoms with Gasteiger partial charge in [-0.2, -0.15) is 0 Å². The van der Waals surface area contributed by atoms with Gasteiger partial charge < -0.3 is 5.73 Å². The van der Waals surface area contributed by atoms with Gasteiger partial charge in [-0.15, -0.1) is 0 Å². The molecule has 0 bridgehead atoms. The molecule has 1 aliphatic rings. The third kappa shape index (κ3) is 1.80. The lowest BCUT2D eigenvalue weighted by Gasteiger charge is -2.35. The van der Waals surface area contributed by atoms with Crippen molar-refractivity contribution in [3.8, 4) is 0 Å². The van der Waals surface area contributed by atoms with Crippen molar-refractivity contribution in [2.45, 2.75) is 25.2 Å². The Kier molecular flexibility index (Phi) is 2.82. The summed E-state index contributed by atoms with van der Waals surface area (Å²) in [5, 5.41) is 0. The SMILES string of the molecule is NCCC1CC(c2ccccc2F)C1. The quantitative estimate of drug-likeness (QED) is 0.784. The third-order valence-corrected chi connectivity index (χ3v) is 3.16. The van der Waals surface area contributed by atoms with E-state index in [1.54, 1.807) is 12.1 Å². The van der Waals surface area contributed by atoms with Crippen molar-refractivity contribution >= 4 is 0 Å². The third-order valence-electron chi connectivity index (χ3n) is 3.16. The monoisotopic (exact) mass is 193 g/mol. The number of hydrogen-bond acceptors (Lipinski definition) is 1. The molecule has 0 unspecified atom stereocenters. The van der Waals surface area contributed by atoms with Gasteiger partial charge in [-0.1, -0.05) is 18.2 Å². The summed E-state index contributed by atoms with van der Waals surface area (Å²) in [5.41, 5.74) is 6.37. The van der Waals surface area contributed by atoms with E-state index in [4.69, 9.17) is 5.73 Å². The first-order valence-electron chi connectivity index (χ1n) is 5.25. The van der Waals surface area contributed by atoms with Crippen molar-refractivity contribution < 1.29 is 4.39 Å². The first kappa shape index (κ1) is 9.66. The summed E-state index contributed by atoms with van der Waals surface area (Å²) in [6, 6.07) is 7.10. The van der Waals surface area contributed by atoms with E-state index in [1.807, 2.05) is 12.1 Å². The number of benzene rings is 1. The zero-order chi connectivity index (χ0) is 9.97. The second-order valence-electron chi connectivity index (χ2n) is 4.13. The molecular formula is C12H16FN. The molecule has 0 saturated heterocycles. The van der Waals surface area contributed by atoms with Gasteiger partial charge in [0.1, 0.15) is 5.82 Å². The Morgan fingerprint density at radius 1 is 1.29 bits per heavy atom. The molecule has 0 amide bonds. The number of halogens is 1. The van der Waals surface area contributed by atoms with Crippen LogP contribution < -0.4 is 5.73 Å². The highest BCUT2D eigenvalue weighted by atomic mass is 19.1. The van der Waals surface area contributed by atoms with Gasteiger partial charge >= 0.3 is 0 Å². The lowest BCUT2D eigenvalue weighted by Crippen LogP contribution is -2.24. The minimum Gasteiger partial charge on any atom is -0.330 e. The predicted molar refractivity (Wildman–Crippen MR) is 55.5 cm³/mol. The van der Waals surface area contributed by atoms with E-state index < -0.39 is 0 Å². The summed E-state index contributed by atoms with van der Waals surface area (Å²) in [6.07, 6.45) is 3.31. The molecule has 0 heterocycles. The van der Waals surface area contributed by atoms with E-state index in [2.05, 4.69) is 0 Å².